The van der Waals surface area contributed by atoms with Crippen LogP contribution in [0.3, 0.4) is 0 Å². The summed E-state index contributed by atoms with van der Waals surface area (Å²) in [7, 11) is -1.60. The Balaban J connectivity index is 0.00000200. The third-order valence-corrected chi connectivity index (χ3v) is 6.09. The fourth-order valence-corrected chi connectivity index (χ4v) is 4.58. The molecule has 1 heterocycles. The second kappa shape index (κ2) is 7.94. The van der Waals surface area contributed by atoms with Crippen molar-refractivity contribution in [3.8, 4) is 0 Å². The van der Waals surface area contributed by atoms with E-state index in [1.807, 2.05) is 0 Å². The summed E-state index contributed by atoms with van der Waals surface area (Å²) in [5.41, 5.74) is 0. The van der Waals surface area contributed by atoms with Gasteiger partial charge in [0.25, 0.3) is 10.2 Å². The summed E-state index contributed by atoms with van der Waals surface area (Å²) in [5, 5.41) is 3.34. The van der Waals surface area contributed by atoms with Crippen LogP contribution in [0.25, 0.3) is 0 Å². The second-order valence-corrected chi connectivity index (χ2v) is 7.77. The van der Waals surface area contributed by atoms with E-state index in [9.17, 15) is 8.42 Å². The highest BCUT2D eigenvalue weighted by atomic mass is 35.5. The van der Waals surface area contributed by atoms with Crippen LogP contribution in [0.15, 0.2) is 0 Å². The van der Waals surface area contributed by atoms with Gasteiger partial charge in [-0.2, -0.15) is 17.4 Å². The molecule has 0 radical (unpaired) electrons. The molecule has 1 saturated heterocycles. The van der Waals surface area contributed by atoms with Crippen LogP contribution in [-0.4, -0.2) is 44.4 Å². The monoisotopic (exact) mass is 325 g/mol. The number of nitrogens with one attached hydrogen (secondary N) is 2. The molecule has 0 spiro atoms. The highest BCUT2D eigenvalue weighted by Crippen LogP contribution is 2.23. The summed E-state index contributed by atoms with van der Waals surface area (Å²) in [4.78, 5) is 0. The van der Waals surface area contributed by atoms with Crippen molar-refractivity contribution >= 4 is 22.6 Å². The summed E-state index contributed by atoms with van der Waals surface area (Å²) in [6.07, 6.45) is 7.29. The first kappa shape index (κ1) is 18.2. The van der Waals surface area contributed by atoms with Gasteiger partial charge >= 0.3 is 0 Å². The lowest BCUT2D eigenvalue weighted by Gasteiger charge is -2.34. The van der Waals surface area contributed by atoms with E-state index in [2.05, 4.69) is 17.0 Å². The first-order chi connectivity index (χ1) is 8.99. The maximum atomic E-state index is 12.4. The molecule has 2 rings (SSSR count). The molecule has 0 amide bonds. The normalized spacial score (nSPS) is 29.1. The van der Waals surface area contributed by atoms with Crippen molar-refractivity contribution in [3.63, 3.8) is 0 Å². The highest BCUT2D eigenvalue weighted by molar-refractivity contribution is 7.87. The Kier molecular flexibility index (Phi) is 7.21. The summed E-state index contributed by atoms with van der Waals surface area (Å²) in [6.45, 7) is 2.99. The Bertz CT molecular complexity index is 385. The van der Waals surface area contributed by atoms with Crippen LogP contribution in [0.2, 0.25) is 0 Å². The molecule has 20 heavy (non-hydrogen) atoms. The molecule has 1 saturated carbocycles. The molecule has 2 unspecified atom stereocenters. The zero-order valence-corrected chi connectivity index (χ0v) is 14.1. The molecule has 0 aromatic carbocycles. The van der Waals surface area contributed by atoms with Gasteiger partial charge in [0.15, 0.2) is 0 Å². The van der Waals surface area contributed by atoms with Crippen molar-refractivity contribution in [3.05, 3.63) is 0 Å². The van der Waals surface area contributed by atoms with Gasteiger partial charge < -0.3 is 5.32 Å². The van der Waals surface area contributed by atoms with E-state index in [4.69, 9.17) is 0 Å². The maximum Gasteiger partial charge on any atom is 0.279 e. The predicted molar refractivity (Wildman–Crippen MR) is 84.4 cm³/mol. The lowest BCUT2D eigenvalue weighted by molar-refractivity contribution is 0.277. The summed E-state index contributed by atoms with van der Waals surface area (Å²) in [6, 6.07) is 0.652. The molecule has 1 aliphatic heterocycles. The van der Waals surface area contributed by atoms with Crippen LogP contribution in [0.5, 0.6) is 0 Å². The van der Waals surface area contributed by atoms with Gasteiger partial charge in [-0.3, -0.25) is 0 Å². The average molecular weight is 326 g/mol. The smallest absolute Gasteiger partial charge is 0.279 e. The van der Waals surface area contributed by atoms with Gasteiger partial charge in [-0.25, -0.2) is 0 Å². The number of piperidine rings is 1. The second-order valence-electron chi connectivity index (χ2n) is 6.01. The Morgan fingerprint density at radius 1 is 1.15 bits per heavy atom. The van der Waals surface area contributed by atoms with E-state index in [0.717, 1.165) is 45.1 Å². The standard InChI is InChI=1S/C13H27N3O2S.ClH/c1-11-10-12(8-9-14-11)15-19(17,18)16(2)13-6-4-3-5-7-13;/h11-15H,3-10H2,1-2H3;1H. The fraction of sp³-hybridized carbons (Fsp3) is 1.00. The third kappa shape index (κ3) is 4.84. The highest BCUT2D eigenvalue weighted by Gasteiger charge is 2.30. The topological polar surface area (TPSA) is 61.4 Å². The number of hydrogen-bond donors (Lipinski definition) is 2. The molecule has 0 aromatic heterocycles. The van der Waals surface area contributed by atoms with Crippen molar-refractivity contribution in [2.75, 3.05) is 13.6 Å². The molecule has 2 fully saturated rings. The van der Waals surface area contributed by atoms with Crippen LogP contribution in [0.1, 0.15) is 51.9 Å². The number of hydrogen-bond acceptors (Lipinski definition) is 3. The van der Waals surface area contributed by atoms with E-state index >= 15 is 0 Å². The van der Waals surface area contributed by atoms with E-state index < -0.39 is 10.2 Å². The van der Waals surface area contributed by atoms with Crippen molar-refractivity contribution in [1.82, 2.24) is 14.3 Å². The van der Waals surface area contributed by atoms with E-state index in [0.29, 0.717) is 6.04 Å². The zero-order chi connectivity index (χ0) is 13.9. The van der Waals surface area contributed by atoms with Crippen LogP contribution in [0, 0.1) is 0 Å². The molecular weight excluding hydrogens is 298 g/mol. The minimum Gasteiger partial charge on any atom is -0.314 e. The number of halogens is 1. The van der Waals surface area contributed by atoms with Gasteiger partial charge in [-0.1, -0.05) is 19.3 Å². The molecular formula is C13H28ClN3O2S. The summed E-state index contributed by atoms with van der Waals surface area (Å²) < 4.78 is 29.2. The lowest BCUT2D eigenvalue weighted by atomic mass is 9.96. The largest absolute Gasteiger partial charge is 0.314 e. The molecule has 2 N–H and O–H groups in total. The molecule has 2 aliphatic rings. The molecule has 7 heteroatoms. The maximum absolute atomic E-state index is 12.4. The number of rotatable bonds is 4. The van der Waals surface area contributed by atoms with Crippen LogP contribution < -0.4 is 10.0 Å². The molecule has 120 valence electrons. The van der Waals surface area contributed by atoms with Gasteiger partial charge in [-0.15, -0.1) is 12.4 Å². The minimum absolute atomic E-state index is 0. The lowest BCUT2D eigenvalue weighted by Crippen LogP contribution is -2.52. The van der Waals surface area contributed by atoms with E-state index in [1.54, 1.807) is 11.4 Å². The Morgan fingerprint density at radius 2 is 1.80 bits per heavy atom. The third-order valence-electron chi connectivity index (χ3n) is 4.41. The SMILES string of the molecule is CC1CC(NS(=O)(=O)N(C)C2CCCCC2)CCN1.Cl. The van der Waals surface area contributed by atoms with Crippen LogP contribution in [-0.2, 0) is 10.2 Å². The minimum atomic E-state index is -3.33. The zero-order valence-electron chi connectivity index (χ0n) is 12.5. The van der Waals surface area contributed by atoms with Crippen molar-refractivity contribution < 1.29 is 8.42 Å². The molecule has 0 aromatic rings. The van der Waals surface area contributed by atoms with Gasteiger partial charge in [0, 0.05) is 25.2 Å². The van der Waals surface area contributed by atoms with E-state index in [1.165, 1.54) is 6.42 Å². The predicted octanol–water partition coefficient (Wildman–Crippen LogP) is 1.65. The van der Waals surface area contributed by atoms with Crippen LogP contribution >= 0.6 is 12.4 Å². The first-order valence-corrected chi connectivity index (χ1v) is 8.92. The van der Waals surface area contributed by atoms with Gasteiger partial charge in [0.1, 0.15) is 0 Å². The van der Waals surface area contributed by atoms with Crippen molar-refractivity contribution in [2.45, 2.75) is 70.0 Å². The Morgan fingerprint density at radius 3 is 2.40 bits per heavy atom. The van der Waals surface area contributed by atoms with Crippen molar-refractivity contribution in [2.24, 2.45) is 0 Å². The van der Waals surface area contributed by atoms with Crippen molar-refractivity contribution in [1.29, 1.82) is 0 Å². The fourth-order valence-electron chi connectivity index (χ4n) is 3.17. The quantitative estimate of drug-likeness (QED) is 0.826. The van der Waals surface area contributed by atoms with Gasteiger partial charge in [-0.05, 0) is 39.2 Å². The molecule has 2 atom stereocenters. The average Bonchev–Trinajstić information content (AvgIpc) is 2.38. The first-order valence-electron chi connectivity index (χ1n) is 7.47. The van der Waals surface area contributed by atoms with Gasteiger partial charge in [0.2, 0.25) is 0 Å². The Hall–Kier alpha value is 0.120. The summed E-state index contributed by atoms with van der Waals surface area (Å²) >= 11 is 0. The van der Waals surface area contributed by atoms with E-state index in [-0.39, 0.29) is 24.5 Å². The van der Waals surface area contributed by atoms with Crippen LogP contribution in [0.4, 0.5) is 0 Å². The Labute approximate surface area is 129 Å². The molecule has 1 aliphatic carbocycles. The number of nitrogens with zero attached hydrogens (tertiary/aromatic N) is 1. The van der Waals surface area contributed by atoms with Gasteiger partial charge in [0.05, 0.1) is 0 Å². The molecule has 0 bridgehead atoms. The molecule has 5 nitrogen and oxygen atoms in total. The summed E-state index contributed by atoms with van der Waals surface area (Å²) in [5.74, 6) is 0.